The second-order valence-corrected chi connectivity index (χ2v) is 6.74. The first kappa shape index (κ1) is 18.2. The van der Waals surface area contributed by atoms with Crippen molar-refractivity contribution in [3.8, 4) is 0 Å². The van der Waals surface area contributed by atoms with Gasteiger partial charge in [0.1, 0.15) is 11.6 Å². The molecule has 1 aliphatic heterocycles. The molecule has 138 valence electrons. The quantitative estimate of drug-likeness (QED) is 0.897. The first-order valence-electron chi connectivity index (χ1n) is 8.71. The Balaban J connectivity index is 1.73. The van der Waals surface area contributed by atoms with Crippen LogP contribution in [0, 0.1) is 11.6 Å². The summed E-state index contributed by atoms with van der Waals surface area (Å²) in [4.78, 5) is 16.2. The van der Waals surface area contributed by atoms with Crippen molar-refractivity contribution in [2.45, 2.75) is 37.5 Å². The van der Waals surface area contributed by atoms with E-state index in [1.807, 2.05) is 0 Å². The molecule has 1 aromatic carbocycles. The van der Waals surface area contributed by atoms with E-state index in [2.05, 4.69) is 4.90 Å². The predicted molar refractivity (Wildman–Crippen MR) is 88.3 cm³/mol. The van der Waals surface area contributed by atoms with Crippen molar-refractivity contribution >= 4 is 5.91 Å². The monoisotopic (exact) mass is 354 g/mol. The summed E-state index contributed by atoms with van der Waals surface area (Å²) >= 11 is 0. The van der Waals surface area contributed by atoms with E-state index in [9.17, 15) is 18.7 Å². The standard InChI is InChI=1S/C18H24F2N2O3/c1-21(18(24)13-6-5-12(19)11-14(13)20)15-3-2-4-16(17(15)23)22-7-9-25-10-8-22/h5-6,11,15-17,23H,2-4,7-10H2,1H3/t15-,16-,17-/m1/s1. The number of hydrogen-bond acceptors (Lipinski definition) is 4. The molecule has 2 aliphatic rings. The lowest BCUT2D eigenvalue weighted by atomic mass is 9.85. The van der Waals surface area contributed by atoms with Crippen molar-refractivity contribution in [3.63, 3.8) is 0 Å². The molecule has 5 nitrogen and oxygen atoms in total. The van der Waals surface area contributed by atoms with Gasteiger partial charge in [-0.15, -0.1) is 0 Å². The Hall–Kier alpha value is -1.57. The Labute approximate surface area is 146 Å². The van der Waals surface area contributed by atoms with Crippen LogP contribution < -0.4 is 0 Å². The van der Waals surface area contributed by atoms with Gasteiger partial charge in [0, 0.05) is 32.2 Å². The number of aliphatic hydroxyl groups excluding tert-OH is 1. The third-order valence-corrected chi connectivity index (χ3v) is 5.28. The van der Waals surface area contributed by atoms with Crippen LogP contribution in [0.1, 0.15) is 29.6 Å². The molecular formula is C18H24F2N2O3. The summed E-state index contributed by atoms with van der Waals surface area (Å²) in [7, 11) is 1.57. The van der Waals surface area contributed by atoms with Crippen LogP contribution >= 0.6 is 0 Å². The highest BCUT2D eigenvalue weighted by Gasteiger charge is 2.39. The summed E-state index contributed by atoms with van der Waals surface area (Å²) in [6, 6.07) is 2.50. The molecule has 1 aromatic rings. The van der Waals surface area contributed by atoms with Crippen LogP contribution in [0.4, 0.5) is 8.78 Å². The fourth-order valence-electron chi connectivity index (χ4n) is 3.87. The molecule has 0 unspecified atom stereocenters. The van der Waals surface area contributed by atoms with Gasteiger partial charge in [0.05, 0.1) is 30.9 Å². The molecule has 2 fully saturated rings. The molecule has 7 heteroatoms. The largest absolute Gasteiger partial charge is 0.389 e. The average Bonchev–Trinajstić information content (AvgIpc) is 2.61. The van der Waals surface area contributed by atoms with Crippen molar-refractivity contribution < 1.29 is 23.4 Å². The minimum Gasteiger partial charge on any atom is -0.389 e. The Morgan fingerprint density at radius 3 is 2.68 bits per heavy atom. The fraction of sp³-hybridized carbons (Fsp3) is 0.611. The zero-order valence-corrected chi connectivity index (χ0v) is 14.3. The molecule has 1 saturated heterocycles. The number of ether oxygens (including phenoxy) is 1. The van der Waals surface area contributed by atoms with Gasteiger partial charge in [0.25, 0.3) is 5.91 Å². The second-order valence-electron chi connectivity index (χ2n) is 6.74. The molecule has 1 saturated carbocycles. The first-order chi connectivity index (χ1) is 12.0. The summed E-state index contributed by atoms with van der Waals surface area (Å²) in [6.45, 7) is 2.81. The molecule has 0 bridgehead atoms. The highest BCUT2D eigenvalue weighted by Crippen LogP contribution is 2.28. The average molecular weight is 354 g/mol. The van der Waals surface area contributed by atoms with Crippen LogP contribution in [0.3, 0.4) is 0 Å². The van der Waals surface area contributed by atoms with E-state index in [0.29, 0.717) is 25.7 Å². The minimum atomic E-state index is -0.883. The third-order valence-electron chi connectivity index (χ3n) is 5.28. The lowest BCUT2D eigenvalue weighted by Gasteiger charge is -2.45. The van der Waals surface area contributed by atoms with Crippen molar-refractivity contribution in [3.05, 3.63) is 35.4 Å². The number of halogens is 2. The number of carbonyl (C=O) groups excluding carboxylic acids is 1. The Morgan fingerprint density at radius 2 is 2.00 bits per heavy atom. The molecule has 0 spiro atoms. The lowest BCUT2D eigenvalue weighted by Crippen LogP contribution is -2.58. The normalized spacial score (nSPS) is 27.9. The highest BCUT2D eigenvalue weighted by atomic mass is 19.1. The van der Waals surface area contributed by atoms with Gasteiger partial charge in [0.2, 0.25) is 0 Å². The van der Waals surface area contributed by atoms with Gasteiger partial charge >= 0.3 is 0 Å². The molecule has 1 amide bonds. The molecule has 0 aromatic heterocycles. The summed E-state index contributed by atoms with van der Waals surface area (Å²) in [5.74, 6) is -2.14. The van der Waals surface area contributed by atoms with Gasteiger partial charge in [-0.05, 0) is 31.4 Å². The van der Waals surface area contributed by atoms with Crippen LogP contribution in [0.2, 0.25) is 0 Å². The van der Waals surface area contributed by atoms with Crippen molar-refractivity contribution in [1.29, 1.82) is 0 Å². The van der Waals surface area contributed by atoms with E-state index in [-0.39, 0.29) is 11.6 Å². The summed E-state index contributed by atoms with van der Waals surface area (Å²) in [6.07, 6.45) is 1.70. The van der Waals surface area contributed by atoms with E-state index < -0.39 is 29.7 Å². The molecule has 1 N–H and O–H groups in total. The van der Waals surface area contributed by atoms with Gasteiger partial charge in [-0.1, -0.05) is 0 Å². The number of nitrogens with zero attached hydrogens (tertiary/aromatic N) is 2. The third kappa shape index (κ3) is 3.83. The molecule has 3 atom stereocenters. The fourth-order valence-corrected chi connectivity index (χ4v) is 3.87. The van der Waals surface area contributed by atoms with Crippen LogP contribution in [0.5, 0.6) is 0 Å². The molecule has 3 rings (SSSR count). The van der Waals surface area contributed by atoms with E-state index in [0.717, 1.165) is 38.1 Å². The molecule has 1 heterocycles. The maximum absolute atomic E-state index is 13.9. The van der Waals surface area contributed by atoms with Gasteiger partial charge in [-0.3, -0.25) is 9.69 Å². The number of benzene rings is 1. The van der Waals surface area contributed by atoms with Crippen LogP contribution in [-0.4, -0.2) is 72.4 Å². The van der Waals surface area contributed by atoms with Gasteiger partial charge in [-0.2, -0.15) is 0 Å². The molecule has 1 aliphatic carbocycles. The summed E-state index contributed by atoms with van der Waals surface area (Å²) in [5.41, 5.74) is -0.176. The van der Waals surface area contributed by atoms with Crippen LogP contribution in [0.25, 0.3) is 0 Å². The highest BCUT2D eigenvalue weighted by molar-refractivity contribution is 5.94. The lowest BCUT2D eigenvalue weighted by molar-refractivity contribution is -0.0614. The second kappa shape index (κ2) is 7.76. The summed E-state index contributed by atoms with van der Waals surface area (Å²) < 4.78 is 32.3. The topological polar surface area (TPSA) is 53.0 Å². The van der Waals surface area contributed by atoms with Crippen molar-refractivity contribution in [2.24, 2.45) is 0 Å². The van der Waals surface area contributed by atoms with E-state index in [4.69, 9.17) is 4.74 Å². The summed E-state index contributed by atoms with van der Waals surface area (Å²) in [5, 5.41) is 10.8. The zero-order chi connectivity index (χ0) is 18.0. The predicted octanol–water partition coefficient (Wildman–Crippen LogP) is 1.65. The van der Waals surface area contributed by atoms with E-state index in [1.54, 1.807) is 7.05 Å². The van der Waals surface area contributed by atoms with Crippen molar-refractivity contribution in [2.75, 3.05) is 33.4 Å². The Kier molecular flexibility index (Phi) is 5.66. The van der Waals surface area contributed by atoms with Crippen LogP contribution in [0.15, 0.2) is 18.2 Å². The SMILES string of the molecule is CN(C(=O)c1ccc(F)cc1F)[C@@H]1CCC[C@@H](N2CCOCC2)[C@@H]1O. The van der Waals surface area contributed by atoms with Gasteiger partial charge < -0.3 is 14.7 Å². The van der Waals surface area contributed by atoms with Gasteiger partial charge in [0.15, 0.2) is 0 Å². The maximum Gasteiger partial charge on any atom is 0.256 e. The zero-order valence-electron chi connectivity index (χ0n) is 14.3. The molecule has 25 heavy (non-hydrogen) atoms. The number of rotatable bonds is 3. The molecular weight excluding hydrogens is 330 g/mol. The van der Waals surface area contributed by atoms with E-state index >= 15 is 0 Å². The number of likely N-dealkylation sites (N-methyl/N-ethyl adjacent to an activating group) is 1. The molecule has 0 radical (unpaired) electrons. The maximum atomic E-state index is 13.9. The number of morpholine rings is 1. The first-order valence-corrected chi connectivity index (χ1v) is 8.71. The van der Waals surface area contributed by atoms with Crippen molar-refractivity contribution in [1.82, 2.24) is 9.80 Å². The smallest absolute Gasteiger partial charge is 0.256 e. The number of hydrogen-bond donors (Lipinski definition) is 1. The van der Waals surface area contributed by atoms with Gasteiger partial charge in [-0.25, -0.2) is 8.78 Å². The Morgan fingerprint density at radius 1 is 1.28 bits per heavy atom. The number of aliphatic hydroxyl groups is 1. The number of carbonyl (C=O) groups is 1. The number of amides is 1. The Bertz CT molecular complexity index is 622. The van der Waals surface area contributed by atoms with Crippen LogP contribution in [-0.2, 0) is 4.74 Å². The minimum absolute atomic E-state index is 0.0315. The van der Waals surface area contributed by atoms with E-state index in [1.165, 1.54) is 4.90 Å².